The summed E-state index contributed by atoms with van der Waals surface area (Å²) >= 11 is 1.37. The quantitative estimate of drug-likeness (QED) is 0.532. The van der Waals surface area contributed by atoms with Crippen LogP contribution in [-0.2, 0) is 37.2 Å². The number of rotatable bonds is 8. The Balaban J connectivity index is 1.80. The summed E-state index contributed by atoms with van der Waals surface area (Å²) in [5.41, 5.74) is 1.10. The highest BCUT2D eigenvalue weighted by molar-refractivity contribution is 7.89. The van der Waals surface area contributed by atoms with Crippen molar-refractivity contribution in [2.45, 2.75) is 63.3 Å². The van der Waals surface area contributed by atoms with E-state index in [1.54, 1.807) is 18.2 Å². The number of ketones is 2. The number of sulfonamides is 1. The van der Waals surface area contributed by atoms with Crippen LogP contribution in [0.25, 0.3) is 0 Å². The Morgan fingerprint density at radius 1 is 1.21 bits per heavy atom. The van der Waals surface area contributed by atoms with Crippen molar-refractivity contribution in [3.8, 4) is 0 Å². The molecule has 0 saturated heterocycles. The van der Waals surface area contributed by atoms with Gasteiger partial charge in [0.05, 0.1) is 10.9 Å². The summed E-state index contributed by atoms with van der Waals surface area (Å²) in [7, 11) is -3.92. The summed E-state index contributed by atoms with van der Waals surface area (Å²) in [6, 6.07) is 6.87. The second-order valence-corrected chi connectivity index (χ2v) is 11.6. The number of nitrogens with zero attached hydrogens (tertiary/aromatic N) is 1. The molecule has 2 N–H and O–H groups in total. The number of aryl methyl sites for hydroxylation is 2. The maximum atomic E-state index is 13.3. The first-order valence-electron chi connectivity index (χ1n) is 11.5. The molecule has 1 aliphatic heterocycles. The smallest absolute Gasteiger partial charge is 0.287 e. The summed E-state index contributed by atoms with van der Waals surface area (Å²) in [4.78, 5) is 39.7. The van der Waals surface area contributed by atoms with Gasteiger partial charge in [0, 0.05) is 30.0 Å². The molecule has 3 rings (SSSR count). The fourth-order valence-electron chi connectivity index (χ4n) is 4.04. The van der Waals surface area contributed by atoms with Crippen LogP contribution in [0.2, 0.25) is 0 Å². The lowest BCUT2D eigenvalue weighted by Gasteiger charge is -2.22. The number of fused-ring (bicyclic) bond motifs is 1. The van der Waals surface area contributed by atoms with E-state index in [1.165, 1.54) is 23.7 Å². The van der Waals surface area contributed by atoms with Crippen molar-refractivity contribution in [3.63, 3.8) is 0 Å². The molecular formula is C24H31N3O5S2. The first-order chi connectivity index (χ1) is 16.2. The van der Waals surface area contributed by atoms with Gasteiger partial charge < -0.3 is 5.32 Å². The van der Waals surface area contributed by atoms with E-state index in [2.05, 4.69) is 14.4 Å². The average molecular weight is 506 g/mol. The Hall–Kier alpha value is -2.43. The zero-order valence-corrected chi connectivity index (χ0v) is 21.1. The van der Waals surface area contributed by atoms with E-state index in [4.69, 9.17) is 0 Å². The molecular weight excluding hydrogens is 474 g/mol. The number of aromatic nitrogens is 1. The molecule has 2 aromatic rings. The zero-order valence-electron chi connectivity index (χ0n) is 19.5. The fourth-order valence-corrected chi connectivity index (χ4v) is 6.08. The van der Waals surface area contributed by atoms with E-state index in [-0.39, 0.29) is 23.7 Å². The minimum absolute atomic E-state index is 0.0405. The van der Waals surface area contributed by atoms with Gasteiger partial charge in [-0.3, -0.25) is 14.4 Å². The third-order valence-electron chi connectivity index (χ3n) is 5.85. The number of benzene rings is 1. The van der Waals surface area contributed by atoms with E-state index in [1.807, 2.05) is 20.0 Å². The summed E-state index contributed by atoms with van der Waals surface area (Å²) in [6.07, 6.45) is 4.24. The van der Waals surface area contributed by atoms with E-state index in [0.717, 1.165) is 16.9 Å². The topological polar surface area (TPSA) is 122 Å². The second kappa shape index (κ2) is 11.8. The van der Waals surface area contributed by atoms with Gasteiger partial charge in [0.15, 0.2) is 5.78 Å². The molecule has 1 amide bonds. The molecule has 0 saturated carbocycles. The van der Waals surface area contributed by atoms with Gasteiger partial charge in [-0.05, 0) is 67.3 Å². The third kappa shape index (κ3) is 7.04. The zero-order chi connectivity index (χ0) is 24.7. The van der Waals surface area contributed by atoms with E-state index >= 15 is 0 Å². The molecule has 0 radical (unpaired) electrons. The van der Waals surface area contributed by atoms with E-state index < -0.39 is 39.5 Å². The van der Waals surface area contributed by atoms with E-state index in [0.29, 0.717) is 25.8 Å². The Morgan fingerprint density at radius 3 is 2.65 bits per heavy atom. The molecule has 0 spiro atoms. The van der Waals surface area contributed by atoms with Crippen LogP contribution in [0.15, 0.2) is 41.4 Å². The van der Waals surface area contributed by atoms with Gasteiger partial charge in [-0.15, -0.1) is 0 Å². The lowest BCUT2D eigenvalue weighted by atomic mass is 9.88. The standard InChI is InChI=1S/C24H31N3O5S2/c1-16(2)13-20(27-34(31,32)19-8-4-3-5-9-19)21(28)14-17-10-11-22-18(15-26-33-22)7-6-12-25-24(30)23(17)29/h3-5,8-9,15-17,20,27H,6-7,10-14H2,1-2H3,(H,25,30). The number of hydrogen-bond acceptors (Lipinski definition) is 7. The number of carbonyl (C=O) groups is 3. The molecule has 2 atom stereocenters. The van der Waals surface area contributed by atoms with Crippen LogP contribution in [0.5, 0.6) is 0 Å². The number of hydrogen-bond donors (Lipinski definition) is 2. The van der Waals surface area contributed by atoms with E-state index in [9.17, 15) is 22.8 Å². The lowest BCUT2D eigenvalue weighted by Crippen LogP contribution is -2.44. The Morgan fingerprint density at radius 2 is 1.94 bits per heavy atom. The van der Waals surface area contributed by atoms with Crippen LogP contribution in [0.3, 0.4) is 0 Å². The van der Waals surface area contributed by atoms with Crippen LogP contribution in [0.4, 0.5) is 0 Å². The van der Waals surface area contributed by atoms with Crippen molar-refractivity contribution in [2.75, 3.05) is 6.54 Å². The minimum Gasteiger partial charge on any atom is -0.349 e. The van der Waals surface area contributed by atoms with Gasteiger partial charge in [0.2, 0.25) is 15.8 Å². The average Bonchev–Trinajstić information content (AvgIpc) is 3.24. The monoisotopic (exact) mass is 505 g/mol. The molecule has 2 unspecified atom stereocenters. The molecule has 34 heavy (non-hydrogen) atoms. The van der Waals surface area contributed by atoms with Crippen LogP contribution >= 0.6 is 11.5 Å². The van der Waals surface area contributed by atoms with Crippen molar-refractivity contribution in [1.82, 2.24) is 14.4 Å². The van der Waals surface area contributed by atoms with Crippen LogP contribution in [0.1, 0.15) is 50.0 Å². The van der Waals surface area contributed by atoms with Crippen LogP contribution in [-0.4, -0.2) is 42.9 Å². The first kappa shape index (κ1) is 26.2. The van der Waals surface area contributed by atoms with Crippen molar-refractivity contribution in [1.29, 1.82) is 0 Å². The molecule has 0 fully saturated rings. The summed E-state index contributed by atoms with van der Waals surface area (Å²) < 4.78 is 32.5. The summed E-state index contributed by atoms with van der Waals surface area (Å²) in [6.45, 7) is 4.16. The number of Topliss-reactive ketones (excluding diaryl/α,β-unsaturated/α-hetero) is 2. The molecule has 0 aliphatic carbocycles. The highest BCUT2D eigenvalue weighted by Crippen LogP contribution is 2.24. The Labute approximate surface area is 204 Å². The lowest BCUT2D eigenvalue weighted by molar-refractivity contribution is -0.141. The number of carbonyl (C=O) groups excluding carboxylic acids is 3. The molecule has 1 aromatic heterocycles. The Kier molecular flexibility index (Phi) is 9.10. The maximum Gasteiger partial charge on any atom is 0.287 e. The summed E-state index contributed by atoms with van der Waals surface area (Å²) in [5.74, 6) is -2.49. The van der Waals surface area contributed by atoms with Crippen molar-refractivity contribution < 1.29 is 22.8 Å². The SMILES string of the molecule is CC(C)CC(NS(=O)(=O)c1ccccc1)C(=O)CC1CCc2sncc2CCCNC(=O)C1=O. The molecule has 1 aliphatic rings. The molecule has 10 heteroatoms. The molecule has 0 bridgehead atoms. The predicted molar refractivity (Wildman–Crippen MR) is 130 cm³/mol. The van der Waals surface area contributed by atoms with Gasteiger partial charge in [0.25, 0.3) is 5.91 Å². The van der Waals surface area contributed by atoms with Crippen LogP contribution < -0.4 is 10.0 Å². The highest BCUT2D eigenvalue weighted by atomic mass is 32.2. The first-order valence-corrected chi connectivity index (χ1v) is 13.8. The largest absolute Gasteiger partial charge is 0.349 e. The molecule has 2 heterocycles. The van der Waals surface area contributed by atoms with Crippen molar-refractivity contribution in [2.24, 2.45) is 11.8 Å². The molecule has 1 aromatic carbocycles. The second-order valence-electron chi connectivity index (χ2n) is 9.02. The van der Waals surface area contributed by atoms with Gasteiger partial charge in [-0.25, -0.2) is 17.5 Å². The normalized spacial score (nSPS) is 18.6. The van der Waals surface area contributed by atoms with Gasteiger partial charge >= 0.3 is 0 Å². The number of nitrogens with one attached hydrogen (secondary N) is 2. The fraction of sp³-hybridized carbons (Fsp3) is 0.500. The number of amides is 1. The van der Waals surface area contributed by atoms with Gasteiger partial charge in [-0.1, -0.05) is 32.0 Å². The molecule has 8 nitrogen and oxygen atoms in total. The van der Waals surface area contributed by atoms with Crippen molar-refractivity contribution in [3.05, 3.63) is 47.0 Å². The predicted octanol–water partition coefficient (Wildman–Crippen LogP) is 2.68. The summed E-state index contributed by atoms with van der Waals surface area (Å²) in [5, 5.41) is 2.65. The van der Waals surface area contributed by atoms with Gasteiger partial charge in [0.1, 0.15) is 0 Å². The van der Waals surface area contributed by atoms with Crippen molar-refractivity contribution >= 4 is 39.0 Å². The molecule has 184 valence electrons. The van der Waals surface area contributed by atoms with Gasteiger partial charge in [-0.2, -0.15) is 0 Å². The Bertz CT molecular complexity index is 1110. The third-order valence-corrected chi connectivity index (χ3v) is 8.23. The highest BCUT2D eigenvalue weighted by Gasteiger charge is 2.33. The maximum absolute atomic E-state index is 13.3. The van der Waals surface area contributed by atoms with Crippen LogP contribution in [0, 0.1) is 11.8 Å². The minimum atomic E-state index is -3.92.